The summed E-state index contributed by atoms with van der Waals surface area (Å²) in [6, 6.07) is 27.5. The van der Waals surface area contributed by atoms with Gasteiger partial charge in [-0.05, 0) is 61.5 Å². The van der Waals surface area contributed by atoms with Crippen LogP contribution in [0.4, 0.5) is 5.82 Å². The Labute approximate surface area is 178 Å². The summed E-state index contributed by atoms with van der Waals surface area (Å²) < 4.78 is 6.15. The number of aryl methyl sites for hydroxylation is 1. The SMILES string of the molecule is Cc1ccc2oc(-c3ccc(Cl)cc3)cc(=NNc3ccc4ccccc4n3)c2c1. The first-order chi connectivity index (χ1) is 14.7. The topological polar surface area (TPSA) is 50.4 Å². The summed E-state index contributed by atoms with van der Waals surface area (Å²) in [4.78, 5) is 4.64. The van der Waals surface area contributed by atoms with E-state index in [1.165, 1.54) is 0 Å². The number of aromatic nitrogens is 1. The molecule has 0 bridgehead atoms. The van der Waals surface area contributed by atoms with Gasteiger partial charge in [0.05, 0.1) is 10.9 Å². The fraction of sp³-hybridized carbons (Fsp3) is 0.0400. The van der Waals surface area contributed by atoms with E-state index in [9.17, 15) is 0 Å². The van der Waals surface area contributed by atoms with Crippen LogP contribution in [-0.2, 0) is 0 Å². The van der Waals surface area contributed by atoms with Gasteiger partial charge >= 0.3 is 0 Å². The Morgan fingerprint density at radius 1 is 0.900 bits per heavy atom. The van der Waals surface area contributed by atoms with Gasteiger partial charge in [0.25, 0.3) is 0 Å². The number of para-hydroxylation sites is 1. The quantitative estimate of drug-likeness (QED) is 0.343. The minimum absolute atomic E-state index is 0.684. The molecule has 146 valence electrons. The maximum Gasteiger partial charge on any atom is 0.146 e. The van der Waals surface area contributed by atoms with Gasteiger partial charge in [-0.3, -0.25) is 5.43 Å². The summed E-state index contributed by atoms with van der Waals surface area (Å²) in [5.41, 5.74) is 6.86. The first kappa shape index (κ1) is 18.4. The number of pyridine rings is 1. The molecular weight excluding hydrogens is 394 g/mol. The molecule has 30 heavy (non-hydrogen) atoms. The molecule has 0 aliphatic rings. The number of halogens is 1. The van der Waals surface area contributed by atoms with Crippen molar-refractivity contribution in [3.05, 3.63) is 101 Å². The van der Waals surface area contributed by atoms with Crippen LogP contribution >= 0.6 is 11.6 Å². The van der Waals surface area contributed by atoms with E-state index in [2.05, 4.69) is 28.5 Å². The summed E-state index contributed by atoms with van der Waals surface area (Å²) in [6.07, 6.45) is 0. The van der Waals surface area contributed by atoms with Crippen LogP contribution in [0.25, 0.3) is 33.2 Å². The van der Waals surface area contributed by atoms with Crippen molar-refractivity contribution in [3.63, 3.8) is 0 Å². The molecule has 5 rings (SSSR count). The predicted molar refractivity (Wildman–Crippen MR) is 122 cm³/mol. The second-order valence-electron chi connectivity index (χ2n) is 7.12. The van der Waals surface area contributed by atoms with Crippen LogP contribution in [0.3, 0.4) is 0 Å². The highest BCUT2D eigenvalue weighted by atomic mass is 35.5. The van der Waals surface area contributed by atoms with E-state index >= 15 is 0 Å². The molecule has 0 amide bonds. The van der Waals surface area contributed by atoms with Crippen molar-refractivity contribution in [1.29, 1.82) is 0 Å². The summed E-state index contributed by atoms with van der Waals surface area (Å²) in [6.45, 7) is 2.05. The zero-order valence-electron chi connectivity index (χ0n) is 16.3. The Morgan fingerprint density at radius 3 is 2.60 bits per heavy atom. The maximum absolute atomic E-state index is 6.15. The highest BCUT2D eigenvalue weighted by Crippen LogP contribution is 2.24. The fourth-order valence-corrected chi connectivity index (χ4v) is 3.50. The molecule has 0 saturated carbocycles. The lowest BCUT2D eigenvalue weighted by atomic mass is 10.1. The normalized spacial score (nSPS) is 11.9. The highest BCUT2D eigenvalue weighted by Gasteiger charge is 2.07. The number of benzene rings is 3. The standard InChI is InChI=1S/C25H18ClN3O/c1-16-6-12-23-20(14-16)22(15-24(30-23)18-7-10-19(26)11-8-18)28-29-25-13-9-17-4-2-3-5-21(17)27-25/h2-15H,1H3,(H,27,29). The number of hydrogen-bond donors (Lipinski definition) is 1. The Kier molecular flexibility index (Phi) is 4.69. The van der Waals surface area contributed by atoms with Crippen molar-refractivity contribution >= 4 is 39.3 Å². The summed E-state index contributed by atoms with van der Waals surface area (Å²) in [5.74, 6) is 1.40. The lowest BCUT2D eigenvalue weighted by Gasteiger charge is -2.07. The number of rotatable bonds is 3. The van der Waals surface area contributed by atoms with E-state index in [-0.39, 0.29) is 0 Å². The third-order valence-corrected chi connectivity index (χ3v) is 5.17. The van der Waals surface area contributed by atoms with Gasteiger partial charge in [0, 0.05) is 27.4 Å². The van der Waals surface area contributed by atoms with Gasteiger partial charge in [-0.2, -0.15) is 5.10 Å². The number of nitrogens with one attached hydrogen (secondary N) is 1. The predicted octanol–water partition coefficient (Wildman–Crippen LogP) is 6.54. The monoisotopic (exact) mass is 411 g/mol. The van der Waals surface area contributed by atoms with Crippen LogP contribution in [0, 0.1) is 6.92 Å². The van der Waals surface area contributed by atoms with E-state index in [0.29, 0.717) is 10.8 Å². The molecule has 0 unspecified atom stereocenters. The Bertz CT molecular complexity index is 1440. The van der Waals surface area contributed by atoms with Crippen LogP contribution in [0.1, 0.15) is 5.56 Å². The Hall–Kier alpha value is -3.63. The molecular formula is C25H18ClN3O. The van der Waals surface area contributed by atoms with Crippen LogP contribution in [-0.4, -0.2) is 4.98 Å². The van der Waals surface area contributed by atoms with Gasteiger partial charge in [-0.15, -0.1) is 0 Å². The molecule has 0 atom stereocenters. The van der Waals surface area contributed by atoms with Crippen molar-refractivity contribution in [2.24, 2.45) is 5.10 Å². The molecule has 4 nitrogen and oxygen atoms in total. The molecule has 0 fully saturated rings. The second-order valence-corrected chi connectivity index (χ2v) is 7.55. The number of nitrogens with zero attached hydrogens (tertiary/aromatic N) is 2. The smallest absolute Gasteiger partial charge is 0.146 e. The van der Waals surface area contributed by atoms with Crippen LogP contribution in [0.5, 0.6) is 0 Å². The molecule has 2 aromatic heterocycles. The van der Waals surface area contributed by atoms with Gasteiger partial charge in [-0.25, -0.2) is 4.98 Å². The van der Waals surface area contributed by atoms with Gasteiger partial charge in [0.2, 0.25) is 0 Å². The number of anilines is 1. The fourth-order valence-electron chi connectivity index (χ4n) is 3.38. The summed E-state index contributed by atoms with van der Waals surface area (Å²) in [5, 5.41) is 8.14. The maximum atomic E-state index is 6.15. The van der Waals surface area contributed by atoms with Crippen molar-refractivity contribution < 1.29 is 4.42 Å². The molecule has 5 heteroatoms. The molecule has 2 heterocycles. The van der Waals surface area contributed by atoms with E-state index in [1.807, 2.05) is 78.9 Å². The lowest BCUT2D eigenvalue weighted by Crippen LogP contribution is -2.08. The highest BCUT2D eigenvalue weighted by molar-refractivity contribution is 6.30. The lowest BCUT2D eigenvalue weighted by molar-refractivity contribution is 0.618. The zero-order chi connectivity index (χ0) is 20.5. The van der Waals surface area contributed by atoms with Crippen LogP contribution in [0.2, 0.25) is 5.02 Å². The molecule has 1 N–H and O–H groups in total. The minimum Gasteiger partial charge on any atom is -0.456 e. The number of hydrogen-bond acceptors (Lipinski definition) is 4. The molecule has 0 spiro atoms. The van der Waals surface area contributed by atoms with E-state index < -0.39 is 0 Å². The summed E-state index contributed by atoms with van der Waals surface area (Å²) in [7, 11) is 0. The molecule has 0 saturated heterocycles. The third-order valence-electron chi connectivity index (χ3n) is 4.92. The minimum atomic E-state index is 0.684. The van der Waals surface area contributed by atoms with Gasteiger partial charge < -0.3 is 4.42 Å². The average molecular weight is 412 g/mol. The first-order valence-electron chi connectivity index (χ1n) is 9.62. The van der Waals surface area contributed by atoms with Gasteiger partial charge in [0.1, 0.15) is 17.2 Å². The van der Waals surface area contributed by atoms with Crippen LogP contribution < -0.4 is 10.8 Å². The Balaban J connectivity index is 1.63. The van der Waals surface area contributed by atoms with E-state index in [1.54, 1.807) is 0 Å². The van der Waals surface area contributed by atoms with Crippen molar-refractivity contribution in [2.75, 3.05) is 5.43 Å². The molecule has 0 aliphatic carbocycles. The molecule has 0 radical (unpaired) electrons. The number of fused-ring (bicyclic) bond motifs is 2. The molecule has 3 aromatic carbocycles. The first-order valence-corrected chi connectivity index (χ1v) is 9.99. The summed E-state index contributed by atoms with van der Waals surface area (Å²) >= 11 is 6.04. The van der Waals surface area contributed by atoms with Crippen LogP contribution in [0.15, 0.2) is 94.4 Å². The van der Waals surface area contributed by atoms with Gasteiger partial charge in [0.15, 0.2) is 0 Å². The van der Waals surface area contributed by atoms with Crippen molar-refractivity contribution in [1.82, 2.24) is 4.98 Å². The third kappa shape index (κ3) is 3.65. The molecule has 5 aromatic rings. The molecule has 0 aliphatic heterocycles. The average Bonchev–Trinajstić information content (AvgIpc) is 2.78. The second kappa shape index (κ2) is 7.65. The van der Waals surface area contributed by atoms with Gasteiger partial charge in [-0.1, -0.05) is 41.4 Å². The Morgan fingerprint density at radius 2 is 1.73 bits per heavy atom. The van der Waals surface area contributed by atoms with E-state index in [4.69, 9.17) is 16.0 Å². The largest absolute Gasteiger partial charge is 0.456 e. The van der Waals surface area contributed by atoms with Crippen molar-refractivity contribution in [2.45, 2.75) is 6.92 Å². The van der Waals surface area contributed by atoms with E-state index in [0.717, 1.165) is 44.1 Å². The zero-order valence-corrected chi connectivity index (χ0v) is 17.0. The van der Waals surface area contributed by atoms with Crippen molar-refractivity contribution in [3.8, 4) is 11.3 Å².